The zero-order valence-electron chi connectivity index (χ0n) is 14.1. The summed E-state index contributed by atoms with van der Waals surface area (Å²) in [5.41, 5.74) is 0. The Balaban J connectivity index is 1.71. The quantitative estimate of drug-likeness (QED) is 0.569. The van der Waals surface area contributed by atoms with Crippen LogP contribution >= 0.6 is 0 Å². The predicted molar refractivity (Wildman–Crippen MR) is 87.8 cm³/mol. The van der Waals surface area contributed by atoms with Gasteiger partial charge in [0, 0.05) is 58.3 Å². The zero-order chi connectivity index (χ0) is 15.2. The van der Waals surface area contributed by atoms with Gasteiger partial charge in [-0.3, -0.25) is 9.89 Å². The van der Waals surface area contributed by atoms with Gasteiger partial charge in [-0.2, -0.15) is 0 Å². The third-order valence-electron chi connectivity index (χ3n) is 4.46. The van der Waals surface area contributed by atoms with Crippen molar-refractivity contribution in [3.63, 3.8) is 0 Å². The molecule has 0 bridgehead atoms. The van der Waals surface area contributed by atoms with Gasteiger partial charge in [0.15, 0.2) is 5.96 Å². The molecule has 1 saturated carbocycles. The lowest BCUT2D eigenvalue weighted by Crippen LogP contribution is -2.45. The molecule has 122 valence electrons. The Hall–Kier alpha value is -0.810. The fraction of sp³-hybridized carbons (Fsp3) is 0.938. The van der Waals surface area contributed by atoms with Gasteiger partial charge in [0.25, 0.3) is 0 Å². The largest absolute Gasteiger partial charge is 0.381 e. The highest BCUT2D eigenvalue weighted by Gasteiger charge is 2.30. The van der Waals surface area contributed by atoms with Gasteiger partial charge in [-0.25, -0.2) is 0 Å². The Kier molecular flexibility index (Phi) is 6.30. The first kappa shape index (κ1) is 16.6. The van der Waals surface area contributed by atoms with Crippen LogP contribution in [0.2, 0.25) is 0 Å². The van der Waals surface area contributed by atoms with Crippen molar-refractivity contribution in [1.29, 1.82) is 0 Å². The summed E-state index contributed by atoms with van der Waals surface area (Å²) in [7, 11) is 3.99. The smallest absolute Gasteiger partial charge is 0.193 e. The second-order valence-corrected chi connectivity index (χ2v) is 6.65. The van der Waals surface area contributed by atoms with E-state index < -0.39 is 0 Å². The lowest BCUT2D eigenvalue weighted by molar-refractivity contribution is 0.181. The Bertz CT molecular complexity index is 333. The minimum Gasteiger partial charge on any atom is -0.381 e. The van der Waals surface area contributed by atoms with Gasteiger partial charge in [0.1, 0.15) is 0 Å². The van der Waals surface area contributed by atoms with Crippen molar-refractivity contribution in [3.05, 3.63) is 0 Å². The van der Waals surface area contributed by atoms with Crippen molar-refractivity contribution in [2.24, 2.45) is 10.9 Å². The molecule has 2 rings (SSSR count). The minimum atomic E-state index is 0.634. The first-order valence-electron chi connectivity index (χ1n) is 8.37. The number of rotatable bonds is 7. The van der Waals surface area contributed by atoms with Gasteiger partial charge in [0.05, 0.1) is 6.61 Å². The fourth-order valence-corrected chi connectivity index (χ4v) is 3.15. The van der Waals surface area contributed by atoms with Crippen LogP contribution in [-0.4, -0.2) is 74.8 Å². The molecule has 0 spiro atoms. The predicted octanol–water partition coefficient (Wildman–Crippen LogP) is 1.40. The van der Waals surface area contributed by atoms with Gasteiger partial charge in [0.2, 0.25) is 0 Å². The summed E-state index contributed by atoms with van der Waals surface area (Å²) < 4.78 is 5.45. The van der Waals surface area contributed by atoms with Gasteiger partial charge in [-0.05, 0) is 33.1 Å². The molecule has 0 radical (unpaired) electrons. The highest BCUT2D eigenvalue weighted by atomic mass is 16.5. The van der Waals surface area contributed by atoms with Gasteiger partial charge < -0.3 is 15.0 Å². The molecule has 0 aromatic heterocycles. The molecule has 0 aromatic carbocycles. The maximum absolute atomic E-state index is 5.45. The molecule has 1 heterocycles. The number of hydrogen-bond acceptors (Lipinski definition) is 3. The lowest BCUT2D eigenvalue weighted by Gasteiger charge is -2.28. The highest BCUT2D eigenvalue weighted by molar-refractivity contribution is 5.79. The van der Waals surface area contributed by atoms with Crippen LogP contribution in [0, 0.1) is 5.92 Å². The summed E-state index contributed by atoms with van der Waals surface area (Å²) in [6, 6.07) is 1.46. The van der Waals surface area contributed by atoms with Crippen molar-refractivity contribution >= 4 is 5.96 Å². The third-order valence-corrected chi connectivity index (χ3v) is 4.46. The highest BCUT2D eigenvalue weighted by Crippen LogP contribution is 2.27. The molecule has 1 aliphatic heterocycles. The number of aliphatic imine (C=N–C) groups is 1. The summed E-state index contributed by atoms with van der Waals surface area (Å²) in [6.45, 7) is 9.48. The first-order chi connectivity index (χ1) is 10.1. The maximum Gasteiger partial charge on any atom is 0.193 e. The van der Waals surface area contributed by atoms with Crippen LogP contribution in [0.3, 0.4) is 0 Å². The van der Waals surface area contributed by atoms with E-state index in [9.17, 15) is 0 Å². The summed E-state index contributed by atoms with van der Waals surface area (Å²) in [4.78, 5) is 9.24. The zero-order valence-corrected chi connectivity index (χ0v) is 14.1. The molecule has 1 N–H and O–H groups in total. The van der Waals surface area contributed by atoms with E-state index in [0.29, 0.717) is 12.0 Å². The van der Waals surface area contributed by atoms with E-state index in [1.165, 1.54) is 19.3 Å². The van der Waals surface area contributed by atoms with E-state index in [1.807, 2.05) is 7.05 Å². The molecule has 0 aromatic rings. The van der Waals surface area contributed by atoms with Crippen molar-refractivity contribution < 1.29 is 4.74 Å². The van der Waals surface area contributed by atoms with Crippen molar-refractivity contribution in [3.8, 4) is 0 Å². The van der Waals surface area contributed by atoms with Crippen LogP contribution in [0.25, 0.3) is 0 Å². The van der Waals surface area contributed by atoms with Gasteiger partial charge >= 0.3 is 0 Å². The molecular weight excluding hydrogens is 264 g/mol. The summed E-state index contributed by atoms with van der Waals surface area (Å²) in [5, 5.41) is 3.50. The Labute approximate surface area is 129 Å². The van der Waals surface area contributed by atoms with Crippen LogP contribution in [0.15, 0.2) is 4.99 Å². The lowest BCUT2D eigenvalue weighted by atomic mass is 10.1. The van der Waals surface area contributed by atoms with Gasteiger partial charge in [-0.1, -0.05) is 0 Å². The second-order valence-electron chi connectivity index (χ2n) is 6.65. The summed E-state index contributed by atoms with van der Waals surface area (Å²) >= 11 is 0. The SMILES string of the molecule is CN=C(NCCN(C(C)C)C1CC1)N(C)CC1CCOC1. The Morgan fingerprint density at radius 2 is 2.10 bits per heavy atom. The number of ether oxygens (including phenoxy) is 1. The average molecular weight is 296 g/mol. The van der Waals surface area contributed by atoms with E-state index in [-0.39, 0.29) is 0 Å². The molecule has 2 aliphatic rings. The van der Waals surface area contributed by atoms with E-state index in [2.05, 4.69) is 41.0 Å². The molecule has 1 atom stereocenters. The van der Waals surface area contributed by atoms with Crippen LogP contribution in [0.5, 0.6) is 0 Å². The monoisotopic (exact) mass is 296 g/mol. The van der Waals surface area contributed by atoms with E-state index >= 15 is 0 Å². The summed E-state index contributed by atoms with van der Waals surface area (Å²) in [5.74, 6) is 1.65. The Morgan fingerprint density at radius 1 is 1.33 bits per heavy atom. The van der Waals surface area contributed by atoms with Crippen LogP contribution < -0.4 is 5.32 Å². The average Bonchev–Trinajstić information content (AvgIpc) is 3.15. The first-order valence-corrected chi connectivity index (χ1v) is 8.37. The fourth-order valence-electron chi connectivity index (χ4n) is 3.15. The molecule has 21 heavy (non-hydrogen) atoms. The molecule has 5 nitrogen and oxygen atoms in total. The normalized spacial score (nSPS) is 23.1. The van der Waals surface area contributed by atoms with E-state index in [0.717, 1.165) is 44.8 Å². The summed E-state index contributed by atoms with van der Waals surface area (Å²) in [6.07, 6.45) is 3.91. The van der Waals surface area contributed by atoms with Gasteiger partial charge in [-0.15, -0.1) is 0 Å². The number of nitrogens with zero attached hydrogens (tertiary/aromatic N) is 3. The molecule has 2 fully saturated rings. The van der Waals surface area contributed by atoms with Crippen molar-refractivity contribution in [2.45, 2.75) is 45.2 Å². The van der Waals surface area contributed by atoms with Crippen molar-refractivity contribution in [1.82, 2.24) is 15.1 Å². The van der Waals surface area contributed by atoms with Crippen molar-refractivity contribution in [2.75, 3.05) is 46.9 Å². The number of guanidine groups is 1. The topological polar surface area (TPSA) is 40.1 Å². The number of nitrogens with one attached hydrogen (secondary N) is 1. The number of hydrogen-bond donors (Lipinski definition) is 1. The minimum absolute atomic E-state index is 0.634. The van der Waals surface area contributed by atoms with E-state index in [1.54, 1.807) is 0 Å². The molecule has 5 heteroatoms. The molecule has 1 unspecified atom stereocenters. The second kappa shape index (κ2) is 7.99. The standard InChI is InChI=1S/C16H32N4O/c1-13(2)20(15-5-6-15)9-8-18-16(17-3)19(4)11-14-7-10-21-12-14/h13-15H,5-12H2,1-4H3,(H,17,18). The molecule has 1 aliphatic carbocycles. The van der Waals surface area contributed by atoms with Crippen LogP contribution in [-0.2, 0) is 4.74 Å². The molecule has 1 saturated heterocycles. The molecule has 0 amide bonds. The Morgan fingerprint density at radius 3 is 2.62 bits per heavy atom. The maximum atomic E-state index is 5.45. The van der Waals surface area contributed by atoms with Crippen LogP contribution in [0.4, 0.5) is 0 Å². The van der Waals surface area contributed by atoms with E-state index in [4.69, 9.17) is 4.74 Å². The third kappa shape index (κ3) is 5.15. The molecular formula is C16H32N4O. The van der Waals surface area contributed by atoms with Crippen LogP contribution in [0.1, 0.15) is 33.1 Å².